The molecule has 0 saturated heterocycles. The smallest absolute Gasteiger partial charge is 0.150 e. The lowest BCUT2D eigenvalue weighted by atomic mass is 10.1. The molecule has 0 unspecified atom stereocenters. The predicted octanol–water partition coefficient (Wildman–Crippen LogP) is 2.02. The minimum absolute atomic E-state index is 0.344. The first-order chi connectivity index (χ1) is 7.11. The standard InChI is InChI=1S/C11H12FN3/c1-15(2)11-8(12)6-9(13)7-4-3-5-14-10(7)11/h3-6H,13H2,1-2H3. The molecule has 0 bridgehead atoms. The number of hydrogen-bond donors (Lipinski definition) is 1. The van der Waals surface area contributed by atoms with Gasteiger partial charge < -0.3 is 10.6 Å². The Morgan fingerprint density at radius 1 is 1.40 bits per heavy atom. The summed E-state index contributed by atoms with van der Waals surface area (Å²) in [6.45, 7) is 0. The van der Waals surface area contributed by atoms with Gasteiger partial charge in [0.25, 0.3) is 0 Å². The van der Waals surface area contributed by atoms with Crippen molar-refractivity contribution in [3.05, 3.63) is 30.2 Å². The van der Waals surface area contributed by atoms with E-state index in [0.717, 1.165) is 5.39 Å². The first-order valence-corrected chi connectivity index (χ1v) is 4.61. The summed E-state index contributed by atoms with van der Waals surface area (Å²) >= 11 is 0. The van der Waals surface area contributed by atoms with Crippen LogP contribution in [-0.2, 0) is 0 Å². The van der Waals surface area contributed by atoms with E-state index >= 15 is 0 Å². The van der Waals surface area contributed by atoms with Crippen molar-refractivity contribution in [2.75, 3.05) is 24.7 Å². The third kappa shape index (κ3) is 1.48. The number of anilines is 2. The first-order valence-electron chi connectivity index (χ1n) is 4.61. The van der Waals surface area contributed by atoms with Gasteiger partial charge in [-0.1, -0.05) is 0 Å². The molecule has 2 aromatic rings. The van der Waals surface area contributed by atoms with Crippen LogP contribution in [0.4, 0.5) is 15.8 Å². The molecule has 1 aromatic heterocycles. The fourth-order valence-electron chi connectivity index (χ4n) is 1.65. The zero-order valence-electron chi connectivity index (χ0n) is 8.66. The zero-order valence-corrected chi connectivity index (χ0v) is 8.66. The van der Waals surface area contributed by atoms with Crippen LogP contribution in [0.1, 0.15) is 0 Å². The van der Waals surface area contributed by atoms with Gasteiger partial charge in [0.15, 0.2) is 5.82 Å². The third-order valence-electron chi connectivity index (χ3n) is 2.30. The molecular formula is C11H12FN3. The van der Waals surface area contributed by atoms with Crippen molar-refractivity contribution in [1.82, 2.24) is 4.98 Å². The Hall–Kier alpha value is -1.84. The molecule has 3 nitrogen and oxygen atoms in total. The summed E-state index contributed by atoms with van der Waals surface area (Å²) in [7, 11) is 3.56. The van der Waals surface area contributed by atoms with Gasteiger partial charge >= 0.3 is 0 Å². The number of halogens is 1. The van der Waals surface area contributed by atoms with Gasteiger partial charge in [0.1, 0.15) is 0 Å². The fourth-order valence-corrected chi connectivity index (χ4v) is 1.65. The summed E-state index contributed by atoms with van der Waals surface area (Å²) in [5.74, 6) is -0.344. The summed E-state index contributed by atoms with van der Waals surface area (Å²) in [6.07, 6.45) is 1.63. The molecule has 0 saturated carbocycles. The number of nitrogens with two attached hydrogens (primary N) is 1. The lowest BCUT2D eigenvalue weighted by Gasteiger charge is -2.16. The van der Waals surface area contributed by atoms with Crippen molar-refractivity contribution in [2.24, 2.45) is 0 Å². The van der Waals surface area contributed by atoms with Crippen LogP contribution < -0.4 is 10.6 Å². The van der Waals surface area contributed by atoms with Crippen LogP contribution in [0.2, 0.25) is 0 Å². The molecule has 0 aliphatic rings. The van der Waals surface area contributed by atoms with Crippen LogP contribution in [0.25, 0.3) is 10.9 Å². The van der Waals surface area contributed by atoms with Gasteiger partial charge in [0, 0.05) is 31.4 Å². The van der Waals surface area contributed by atoms with E-state index < -0.39 is 0 Å². The molecule has 0 aliphatic heterocycles. The maximum atomic E-state index is 13.7. The van der Waals surface area contributed by atoms with Crippen LogP contribution in [0.15, 0.2) is 24.4 Å². The van der Waals surface area contributed by atoms with Crippen LogP contribution >= 0.6 is 0 Å². The van der Waals surface area contributed by atoms with Crippen molar-refractivity contribution in [3.8, 4) is 0 Å². The summed E-state index contributed by atoms with van der Waals surface area (Å²) in [6, 6.07) is 4.96. The average Bonchev–Trinajstić information content (AvgIpc) is 2.17. The second kappa shape index (κ2) is 3.38. The van der Waals surface area contributed by atoms with E-state index in [1.54, 1.807) is 31.3 Å². The van der Waals surface area contributed by atoms with Gasteiger partial charge in [0.05, 0.1) is 11.2 Å². The molecule has 0 spiro atoms. The van der Waals surface area contributed by atoms with Crippen molar-refractivity contribution in [1.29, 1.82) is 0 Å². The van der Waals surface area contributed by atoms with Crippen LogP contribution in [0.5, 0.6) is 0 Å². The maximum Gasteiger partial charge on any atom is 0.150 e. The van der Waals surface area contributed by atoms with Crippen molar-refractivity contribution in [3.63, 3.8) is 0 Å². The average molecular weight is 205 g/mol. The lowest BCUT2D eigenvalue weighted by molar-refractivity contribution is 0.628. The van der Waals surface area contributed by atoms with Crippen LogP contribution in [-0.4, -0.2) is 19.1 Å². The Labute approximate surface area is 87.3 Å². The van der Waals surface area contributed by atoms with E-state index in [2.05, 4.69) is 4.98 Å². The molecule has 2 rings (SSSR count). The number of rotatable bonds is 1. The summed E-state index contributed by atoms with van der Waals surface area (Å²) < 4.78 is 13.7. The monoisotopic (exact) mass is 205 g/mol. The molecule has 0 aliphatic carbocycles. The highest BCUT2D eigenvalue weighted by atomic mass is 19.1. The molecule has 0 fully saturated rings. The molecule has 78 valence electrons. The highest BCUT2D eigenvalue weighted by Gasteiger charge is 2.12. The molecule has 0 atom stereocenters. The molecular weight excluding hydrogens is 193 g/mol. The summed E-state index contributed by atoms with van der Waals surface area (Å²) in [5, 5.41) is 0.780. The topological polar surface area (TPSA) is 42.1 Å². The van der Waals surface area contributed by atoms with Crippen molar-refractivity contribution in [2.45, 2.75) is 0 Å². The van der Waals surface area contributed by atoms with Crippen molar-refractivity contribution < 1.29 is 4.39 Å². The van der Waals surface area contributed by atoms with Gasteiger partial charge in [-0.25, -0.2) is 4.39 Å². The molecule has 0 amide bonds. The molecule has 1 heterocycles. The second-order valence-corrected chi connectivity index (χ2v) is 3.59. The number of nitrogen functional groups attached to an aromatic ring is 1. The highest BCUT2D eigenvalue weighted by Crippen LogP contribution is 2.30. The van der Waals surface area contributed by atoms with Crippen molar-refractivity contribution >= 4 is 22.3 Å². The normalized spacial score (nSPS) is 10.6. The van der Waals surface area contributed by atoms with E-state index in [-0.39, 0.29) is 5.82 Å². The number of aromatic nitrogens is 1. The van der Waals surface area contributed by atoms with E-state index in [4.69, 9.17) is 5.73 Å². The van der Waals surface area contributed by atoms with Gasteiger partial charge in [-0.15, -0.1) is 0 Å². The van der Waals surface area contributed by atoms with E-state index in [1.807, 2.05) is 6.07 Å². The van der Waals surface area contributed by atoms with Gasteiger partial charge in [-0.2, -0.15) is 0 Å². The Morgan fingerprint density at radius 3 is 2.80 bits per heavy atom. The molecule has 1 aromatic carbocycles. The van der Waals surface area contributed by atoms with Gasteiger partial charge in [-0.05, 0) is 18.2 Å². The molecule has 2 N–H and O–H groups in total. The van der Waals surface area contributed by atoms with Gasteiger partial charge in [0.2, 0.25) is 0 Å². The molecule has 4 heteroatoms. The Morgan fingerprint density at radius 2 is 2.13 bits per heavy atom. The maximum absolute atomic E-state index is 13.7. The first kappa shape index (κ1) is 9.71. The number of nitrogens with zero attached hydrogens (tertiary/aromatic N) is 2. The quantitative estimate of drug-likeness (QED) is 0.724. The van der Waals surface area contributed by atoms with E-state index in [1.165, 1.54) is 6.07 Å². The third-order valence-corrected chi connectivity index (χ3v) is 2.30. The van der Waals surface area contributed by atoms with E-state index in [9.17, 15) is 4.39 Å². The summed E-state index contributed by atoms with van der Waals surface area (Å²) in [4.78, 5) is 5.86. The van der Waals surface area contributed by atoms with Crippen LogP contribution in [0, 0.1) is 5.82 Å². The molecule has 0 radical (unpaired) electrons. The molecule has 15 heavy (non-hydrogen) atoms. The van der Waals surface area contributed by atoms with Gasteiger partial charge in [-0.3, -0.25) is 4.98 Å². The lowest BCUT2D eigenvalue weighted by Crippen LogP contribution is -2.12. The summed E-state index contributed by atoms with van der Waals surface area (Å²) in [5.41, 5.74) is 7.21. The minimum Gasteiger partial charge on any atom is -0.398 e. The Bertz CT molecular complexity index is 508. The van der Waals surface area contributed by atoms with Crippen LogP contribution in [0.3, 0.4) is 0 Å². The SMILES string of the molecule is CN(C)c1c(F)cc(N)c2cccnc12. The predicted molar refractivity (Wildman–Crippen MR) is 60.4 cm³/mol. The number of pyridine rings is 1. The number of benzene rings is 1. The number of hydrogen-bond acceptors (Lipinski definition) is 3. The Kier molecular flexibility index (Phi) is 2.19. The second-order valence-electron chi connectivity index (χ2n) is 3.59. The zero-order chi connectivity index (χ0) is 11.0. The van der Waals surface area contributed by atoms with E-state index in [0.29, 0.717) is 16.9 Å². The number of fused-ring (bicyclic) bond motifs is 1. The fraction of sp³-hybridized carbons (Fsp3) is 0.182. The Balaban J connectivity index is 2.90. The highest BCUT2D eigenvalue weighted by molar-refractivity contribution is 5.98. The minimum atomic E-state index is -0.344. The largest absolute Gasteiger partial charge is 0.398 e.